The van der Waals surface area contributed by atoms with E-state index < -0.39 is 0 Å². The summed E-state index contributed by atoms with van der Waals surface area (Å²) in [6.45, 7) is 0.868. The molecule has 3 aromatic rings. The summed E-state index contributed by atoms with van der Waals surface area (Å²) in [7, 11) is 1.68. The highest BCUT2D eigenvalue weighted by Crippen LogP contribution is 2.13. The minimum atomic E-state index is 0.868. The zero-order valence-electron chi connectivity index (χ0n) is 12.6. The molecule has 0 saturated carbocycles. The van der Waals surface area contributed by atoms with Gasteiger partial charge in [0.05, 0.1) is 30.9 Å². The molecule has 0 atom stereocenters. The molecule has 1 aromatic heterocycles. The van der Waals surface area contributed by atoms with Crippen molar-refractivity contribution >= 4 is 5.69 Å². The van der Waals surface area contributed by atoms with Crippen LogP contribution >= 0.6 is 0 Å². The first-order valence-electron chi connectivity index (χ1n) is 7.32. The highest BCUT2D eigenvalue weighted by molar-refractivity contribution is 5.42. The zero-order valence-corrected chi connectivity index (χ0v) is 12.6. The first-order valence-corrected chi connectivity index (χ1v) is 7.32. The lowest BCUT2D eigenvalue weighted by atomic mass is 10.1. The molecular formula is C18H19N3O. The second-order valence-corrected chi connectivity index (χ2v) is 5.03. The van der Waals surface area contributed by atoms with Gasteiger partial charge < -0.3 is 10.1 Å². The van der Waals surface area contributed by atoms with Crippen molar-refractivity contribution in [3.63, 3.8) is 0 Å². The Bertz CT molecular complexity index is 705. The van der Waals surface area contributed by atoms with E-state index in [0.717, 1.165) is 30.1 Å². The third kappa shape index (κ3) is 3.47. The fourth-order valence-electron chi connectivity index (χ4n) is 2.28. The van der Waals surface area contributed by atoms with Gasteiger partial charge in [0, 0.05) is 6.54 Å². The number of rotatable bonds is 6. The molecule has 4 heteroatoms. The summed E-state index contributed by atoms with van der Waals surface area (Å²) in [5.41, 5.74) is 3.37. The minimum Gasteiger partial charge on any atom is -0.497 e. The molecule has 1 heterocycles. The van der Waals surface area contributed by atoms with Crippen molar-refractivity contribution in [3.05, 3.63) is 72.6 Å². The van der Waals surface area contributed by atoms with Gasteiger partial charge in [-0.25, -0.2) is 4.68 Å². The molecular weight excluding hydrogens is 274 g/mol. The van der Waals surface area contributed by atoms with Crippen molar-refractivity contribution in [2.75, 3.05) is 19.0 Å². The summed E-state index contributed by atoms with van der Waals surface area (Å²) < 4.78 is 7.03. The molecule has 0 aliphatic rings. The van der Waals surface area contributed by atoms with E-state index in [9.17, 15) is 0 Å². The highest BCUT2D eigenvalue weighted by atomic mass is 16.5. The Labute approximate surface area is 130 Å². The van der Waals surface area contributed by atoms with Gasteiger partial charge in [0.15, 0.2) is 0 Å². The maximum absolute atomic E-state index is 5.16. The number of nitrogens with one attached hydrogen (secondary N) is 1. The minimum absolute atomic E-state index is 0.868. The number of nitrogens with zero attached hydrogens (tertiary/aromatic N) is 2. The SMILES string of the molecule is COc1ccc(CCNc2cnn(-c3ccccc3)c2)cc1. The Morgan fingerprint density at radius 1 is 1.05 bits per heavy atom. The summed E-state index contributed by atoms with van der Waals surface area (Å²) in [4.78, 5) is 0. The van der Waals surface area contributed by atoms with Crippen molar-refractivity contribution in [2.24, 2.45) is 0 Å². The van der Waals surface area contributed by atoms with Crippen molar-refractivity contribution in [1.82, 2.24) is 9.78 Å². The van der Waals surface area contributed by atoms with Crippen LogP contribution in [0.15, 0.2) is 67.0 Å². The number of para-hydroxylation sites is 1. The first kappa shape index (κ1) is 14.2. The lowest BCUT2D eigenvalue weighted by Gasteiger charge is -2.05. The third-order valence-electron chi connectivity index (χ3n) is 3.51. The summed E-state index contributed by atoms with van der Waals surface area (Å²) in [6.07, 6.45) is 4.81. The standard InChI is InChI=1S/C18H19N3O/c1-22-18-9-7-15(8-10-18)11-12-19-16-13-20-21(14-16)17-5-3-2-4-6-17/h2-10,13-14,19H,11-12H2,1H3. The van der Waals surface area contributed by atoms with Gasteiger partial charge in [0.25, 0.3) is 0 Å². The Kier molecular flexibility index (Phi) is 4.39. The summed E-state index contributed by atoms with van der Waals surface area (Å²) in [5, 5.41) is 7.77. The van der Waals surface area contributed by atoms with Crippen LogP contribution in [0.25, 0.3) is 5.69 Å². The Morgan fingerprint density at radius 3 is 2.55 bits per heavy atom. The number of anilines is 1. The third-order valence-corrected chi connectivity index (χ3v) is 3.51. The molecule has 22 heavy (non-hydrogen) atoms. The fourth-order valence-corrected chi connectivity index (χ4v) is 2.28. The molecule has 0 saturated heterocycles. The topological polar surface area (TPSA) is 39.1 Å². The molecule has 3 rings (SSSR count). The average Bonchev–Trinajstić information content (AvgIpc) is 3.05. The van der Waals surface area contributed by atoms with Gasteiger partial charge in [-0.2, -0.15) is 5.10 Å². The van der Waals surface area contributed by atoms with E-state index in [1.165, 1.54) is 5.56 Å². The van der Waals surface area contributed by atoms with Crippen molar-refractivity contribution < 1.29 is 4.74 Å². The molecule has 112 valence electrons. The molecule has 0 aliphatic carbocycles. The van der Waals surface area contributed by atoms with Gasteiger partial charge >= 0.3 is 0 Å². The van der Waals surface area contributed by atoms with E-state index in [1.54, 1.807) is 7.11 Å². The van der Waals surface area contributed by atoms with Gasteiger partial charge in [-0.1, -0.05) is 30.3 Å². The Balaban J connectivity index is 1.54. The quantitative estimate of drug-likeness (QED) is 0.755. The predicted octanol–water partition coefficient (Wildman–Crippen LogP) is 3.54. The lowest BCUT2D eigenvalue weighted by Crippen LogP contribution is -2.04. The number of methoxy groups -OCH3 is 1. The second kappa shape index (κ2) is 6.80. The van der Waals surface area contributed by atoms with Crippen molar-refractivity contribution in [2.45, 2.75) is 6.42 Å². The molecule has 0 spiro atoms. The van der Waals surface area contributed by atoms with Crippen LogP contribution in [0.1, 0.15) is 5.56 Å². The van der Waals surface area contributed by atoms with Crippen LogP contribution in [0.5, 0.6) is 5.75 Å². The van der Waals surface area contributed by atoms with Crippen LogP contribution in [0, 0.1) is 0 Å². The van der Waals surface area contributed by atoms with Crippen molar-refractivity contribution in [1.29, 1.82) is 0 Å². The smallest absolute Gasteiger partial charge is 0.118 e. The van der Waals surface area contributed by atoms with Gasteiger partial charge in [-0.3, -0.25) is 0 Å². The molecule has 0 unspecified atom stereocenters. The molecule has 1 N–H and O–H groups in total. The number of ether oxygens (including phenoxy) is 1. The number of benzene rings is 2. The molecule has 0 aliphatic heterocycles. The van der Waals surface area contributed by atoms with Gasteiger partial charge in [-0.15, -0.1) is 0 Å². The maximum atomic E-state index is 5.16. The van der Waals surface area contributed by atoms with Gasteiger partial charge in [0.2, 0.25) is 0 Å². The largest absolute Gasteiger partial charge is 0.497 e. The summed E-state index contributed by atoms with van der Waals surface area (Å²) >= 11 is 0. The van der Waals surface area contributed by atoms with Gasteiger partial charge in [0.1, 0.15) is 5.75 Å². The van der Waals surface area contributed by atoms with E-state index in [0.29, 0.717) is 0 Å². The monoisotopic (exact) mass is 293 g/mol. The normalized spacial score (nSPS) is 10.4. The van der Waals surface area contributed by atoms with E-state index in [-0.39, 0.29) is 0 Å². The fraction of sp³-hybridized carbons (Fsp3) is 0.167. The Morgan fingerprint density at radius 2 is 1.82 bits per heavy atom. The maximum Gasteiger partial charge on any atom is 0.118 e. The van der Waals surface area contributed by atoms with Crippen LogP contribution < -0.4 is 10.1 Å². The summed E-state index contributed by atoms with van der Waals surface area (Å²) in [6, 6.07) is 18.2. The van der Waals surface area contributed by atoms with Crippen LogP contribution in [0.3, 0.4) is 0 Å². The van der Waals surface area contributed by atoms with E-state index in [2.05, 4.69) is 22.5 Å². The van der Waals surface area contributed by atoms with E-state index in [4.69, 9.17) is 4.74 Å². The Hall–Kier alpha value is -2.75. The first-order chi connectivity index (χ1) is 10.8. The number of aromatic nitrogens is 2. The van der Waals surface area contributed by atoms with Crippen LogP contribution in [-0.4, -0.2) is 23.4 Å². The molecule has 0 bridgehead atoms. The molecule has 2 aromatic carbocycles. The number of hydrogen-bond acceptors (Lipinski definition) is 3. The summed E-state index contributed by atoms with van der Waals surface area (Å²) in [5.74, 6) is 0.890. The lowest BCUT2D eigenvalue weighted by molar-refractivity contribution is 0.414. The number of hydrogen-bond donors (Lipinski definition) is 1. The average molecular weight is 293 g/mol. The van der Waals surface area contributed by atoms with Crippen molar-refractivity contribution in [3.8, 4) is 11.4 Å². The van der Waals surface area contributed by atoms with Crippen LogP contribution in [0.4, 0.5) is 5.69 Å². The van der Waals surface area contributed by atoms with E-state index >= 15 is 0 Å². The van der Waals surface area contributed by atoms with Crippen LogP contribution in [0.2, 0.25) is 0 Å². The zero-order chi connectivity index (χ0) is 15.2. The molecule has 0 amide bonds. The van der Waals surface area contributed by atoms with E-state index in [1.807, 2.05) is 59.5 Å². The van der Waals surface area contributed by atoms with Crippen LogP contribution in [-0.2, 0) is 6.42 Å². The predicted molar refractivity (Wildman–Crippen MR) is 88.8 cm³/mol. The molecule has 0 fully saturated rings. The highest BCUT2D eigenvalue weighted by Gasteiger charge is 2.00. The second-order valence-electron chi connectivity index (χ2n) is 5.03. The van der Waals surface area contributed by atoms with Gasteiger partial charge in [-0.05, 0) is 36.2 Å². The molecule has 4 nitrogen and oxygen atoms in total. The molecule has 0 radical (unpaired) electrons.